The highest BCUT2D eigenvalue weighted by Crippen LogP contribution is 2.23. The van der Waals surface area contributed by atoms with Gasteiger partial charge in [-0.2, -0.15) is 0 Å². The minimum absolute atomic E-state index is 0.0940. The van der Waals surface area contributed by atoms with Crippen molar-refractivity contribution in [2.75, 3.05) is 12.3 Å². The Balaban J connectivity index is 2.14. The van der Waals surface area contributed by atoms with E-state index in [1.54, 1.807) is 11.0 Å². The zero-order valence-electron chi connectivity index (χ0n) is 18.2. The number of thioether (sulfide) groups is 1. The summed E-state index contributed by atoms with van der Waals surface area (Å²) in [5.74, 6) is 0.988. The summed E-state index contributed by atoms with van der Waals surface area (Å²) in [6.45, 7) is 6.87. The van der Waals surface area contributed by atoms with Gasteiger partial charge in [0.2, 0.25) is 11.8 Å². The third-order valence-electron chi connectivity index (χ3n) is 4.81. The van der Waals surface area contributed by atoms with Gasteiger partial charge in [-0.3, -0.25) is 9.59 Å². The number of halogens is 2. The van der Waals surface area contributed by atoms with Crippen LogP contribution in [-0.4, -0.2) is 35.1 Å². The van der Waals surface area contributed by atoms with Crippen LogP contribution in [0, 0.1) is 5.92 Å². The maximum Gasteiger partial charge on any atom is 0.242 e. The van der Waals surface area contributed by atoms with Gasteiger partial charge in [0.05, 0.1) is 5.75 Å². The third-order valence-corrected chi connectivity index (χ3v) is 6.51. The van der Waals surface area contributed by atoms with Crippen LogP contribution in [0.2, 0.25) is 10.0 Å². The molecular formula is C24H30Cl2N2O2S. The fourth-order valence-electron chi connectivity index (χ4n) is 3.10. The van der Waals surface area contributed by atoms with E-state index in [0.717, 1.165) is 11.1 Å². The topological polar surface area (TPSA) is 49.4 Å². The van der Waals surface area contributed by atoms with Crippen LogP contribution in [0.4, 0.5) is 0 Å². The van der Waals surface area contributed by atoms with Gasteiger partial charge in [-0.05, 0) is 35.6 Å². The maximum absolute atomic E-state index is 13.2. The summed E-state index contributed by atoms with van der Waals surface area (Å²) in [6.07, 6.45) is 0.523. The van der Waals surface area contributed by atoms with Crippen molar-refractivity contribution in [3.63, 3.8) is 0 Å². The highest BCUT2D eigenvalue weighted by atomic mass is 35.5. The van der Waals surface area contributed by atoms with Crippen LogP contribution in [0.25, 0.3) is 0 Å². The van der Waals surface area contributed by atoms with Gasteiger partial charge in [-0.15, -0.1) is 11.8 Å². The molecule has 31 heavy (non-hydrogen) atoms. The van der Waals surface area contributed by atoms with E-state index in [1.165, 1.54) is 11.8 Å². The first-order chi connectivity index (χ1) is 14.8. The molecule has 0 saturated carbocycles. The molecule has 0 heterocycles. The number of benzene rings is 2. The summed E-state index contributed by atoms with van der Waals surface area (Å²) in [4.78, 5) is 27.8. The molecule has 2 rings (SSSR count). The lowest BCUT2D eigenvalue weighted by Gasteiger charge is -2.31. The van der Waals surface area contributed by atoms with Gasteiger partial charge >= 0.3 is 0 Å². The van der Waals surface area contributed by atoms with E-state index in [0.29, 0.717) is 41.2 Å². The minimum atomic E-state index is -0.552. The standard InChI is InChI=1S/C24H30Cl2N2O2S/c1-4-22(24(30)27-13-17(2)3)28(14-18-9-5-7-11-20(18)25)23(29)16-31-15-19-10-6-8-12-21(19)26/h5-12,17,22H,4,13-16H2,1-3H3,(H,27,30). The first-order valence-corrected chi connectivity index (χ1v) is 12.4. The van der Waals surface area contributed by atoms with Gasteiger partial charge in [0.25, 0.3) is 0 Å². The minimum Gasteiger partial charge on any atom is -0.354 e. The van der Waals surface area contributed by atoms with Crippen molar-refractivity contribution in [2.24, 2.45) is 5.92 Å². The predicted molar refractivity (Wildman–Crippen MR) is 132 cm³/mol. The largest absolute Gasteiger partial charge is 0.354 e. The summed E-state index contributed by atoms with van der Waals surface area (Å²) in [5, 5.41) is 4.24. The molecule has 0 aromatic heterocycles. The molecule has 4 nitrogen and oxygen atoms in total. The highest BCUT2D eigenvalue weighted by Gasteiger charge is 2.29. The zero-order valence-corrected chi connectivity index (χ0v) is 20.6. The van der Waals surface area contributed by atoms with Crippen molar-refractivity contribution in [1.82, 2.24) is 10.2 Å². The Bertz CT molecular complexity index is 876. The second kappa shape index (κ2) is 13.0. The number of hydrogen-bond donors (Lipinski definition) is 1. The average Bonchev–Trinajstić information content (AvgIpc) is 2.74. The van der Waals surface area contributed by atoms with Gasteiger partial charge < -0.3 is 10.2 Å². The zero-order chi connectivity index (χ0) is 22.8. The Kier molecular flexibility index (Phi) is 10.7. The van der Waals surface area contributed by atoms with Crippen molar-refractivity contribution >= 4 is 46.8 Å². The Morgan fingerprint density at radius 3 is 2.13 bits per heavy atom. The molecule has 2 amide bonds. The SMILES string of the molecule is CCC(C(=O)NCC(C)C)N(Cc1ccccc1Cl)C(=O)CSCc1ccccc1Cl. The average molecular weight is 481 g/mol. The number of rotatable bonds is 11. The van der Waals surface area contributed by atoms with Gasteiger partial charge in [-0.1, -0.05) is 80.4 Å². The van der Waals surface area contributed by atoms with Crippen LogP contribution in [-0.2, 0) is 21.9 Å². The molecule has 0 aliphatic rings. The Morgan fingerprint density at radius 1 is 1.00 bits per heavy atom. The van der Waals surface area contributed by atoms with Crippen molar-refractivity contribution in [2.45, 2.75) is 45.5 Å². The van der Waals surface area contributed by atoms with Crippen molar-refractivity contribution in [1.29, 1.82) is 0 Å². The van der Waals surface area contributed by atoms with Crippen molar-refractivity contribution < 1.29 is 9.59 Å². The van der Waals surface area contributed by atoms with Crippen LogP contribution in [0.15, 0.2) is 48.5 Å². The van der Waals surface area contributed by atoms with Crippen molar-refractivity contribution in [3.8, 4) is 0 Å². The van der Waals surface area contributed by atoms with Crippen LogP contribution in [0.3, 0.4) is 0 Å². The fourth-order valence-corrected chi connectivity index (χ4v) is 4.49. The van der Waals surface area contributed by atoms with E-state index < -0.39 is 6.04 Å². The lowest BCUT2D eigenvalue weighted by molar-refractivity contribution is -0.139. The third kappa shape index (κ3) is 8.06. The molecule has 168 valence electrons. The first-order valence-electron chi connectivity index (χ1n) is 10.4. The normalized spacial score (nSPS) is 11.9. The molecule has 2 aromatic carbocycles. The lowest BCUT2D eigenvalue weighted by Crippen LogP contribution is -2.50. The van der Waals surface area contributed by atoms with Crippen LogP contribution >= 0.6 is 35.0 Å². The van der Waals surface area contributed by atoms with Gasteiger partial charge in [0.15, 0.2) is 0 Å². The van der Waals surface area contributed by atoms with Gasteiger partial charge in [-0.25, -0.2) is 0 Å². The summed E-state index contributed by atoms with van der Waals surface area (Å²) in [7, 11) is 0. The monoisotopic (exact) mass is 480 g/mol. The number of carbonyl (C=O) groups is 2. The first kappa shape index (κ1) is 25.6. The predicted octanol–water partition coefficient (Wildman–Crippen LogP) is 5.81. The number of nitrogens with one attached hydrogen (secondary N) is 1. The van der Waals surface area contributed by atoms with E-state index in [4.69, 9.17) is 23.2 Å². The second-order valence-corrected chi connectivity index (χ2v) is 9.56. The number of amides is 2. The molecule has 0 fully saturated rings. The molecule has 1 N–H and O–H groups in total. The number of hydrogen-bond acceptors (Lipinski definition) is 3. The maximum atomic E-state index is 13.2. The summed E-state index contributed by atoms with van der Waals surface area (Å²) >= 11 is 14.1. The quantitative estimate of drug-likeness (QED) is 0.441. The molecular weight excluding hydrogens is 451 g/mol. The molecule has 0 saturated heterocycles. The molecule has 7 heteroatoms. The summed E-state index contributed by atoms with van der Waals surface area (Å²) < 4.78 is 0. The lowest BCUT2D eigenvalue weighted by atomic mass is 10.1. The summed E-state index contributed by atoms with van der Waals surface area (Å²) in [5.41, 5.74) is 1.81. The Labute approximate surface area is 199 Å². The molecule has 1 atom stereocenters. The van der Waals surface area contributed by atoms with Crippen LogP contribution in [0.1, 0.15) is 38.3 Å². The van der Waals surface area contributed by atoms with E-state index in [2.05, 4.69) is 5.32 Å². The van der Waals surface area contributed by atoms with Crippen LogP contribution in [0.5, 0.6) is 0 Å². The molecule has 0 aliphatic carbocycles. The fraction of sp³-hybridized carbons (Fsp3) is 0.417. The second-order valence-electron chi connectivity index (χ2n) is 7.76. The van der Waals surface area contributed by atoms with Crippen molar-refractivity contribution in [3.05, 3.63) is 69.7 Å². The van der Waals surface area contributed by atoms with Crippen LogP contribution < -0.4 is 5.32 Å². The van der Waals surface area contributed by atoms with E-state index in [9.17, 15) is 9.59 Å². The van der Waals surface area contributed by atoms with E-state index >= 15 is 0 Å². The summed E-state index contributed by atoms with van der Waals surface area (Å²) in [6, 6.07) is 14.5. The molecule has 1 unspecified atom stereocenters. The smallest absolute Gasteiger partial charge is 0.242 e. The molecule has 0 spiro atoms. The molecule has 2 aromatic rings. The van der Waals surface area contributed by atoms with E-state index in [-0.39, 0.29) is 17.6 Å². The molecule has 0 bridgehead atoms. The molecule has 0 radical (unpaired) electrons. The van der Waals surface area contributed by atoms with Gasteiger partial charge in [0, 0.05) is 28.9 Å². The Hall–Kier alpha value is -1.69. The molecule has 0 aliphatic heterocycles. The highest BCUT2D eigenvalue weighted by molar-refractivity contribution is 7.99. The van der Waals surface area contributed by atoms with E-state index in [1.807, 2.05) is 63.2 Å². The number of carbonyl (C=O) groups excluding carboxylic acids is 2. The number of nitrogens with zero attached hydrogens (tertiary/aromatic N) is 1. The Morgan fingerprint density at radius 2 is 1.58 bits per heavy atom. The van der Waals surface area contributed by atoms with Gasteiger partial charge in [0.1, 0.15) is 6.04 Å².